The Labute approximate surface area is 149 Å². The zero-order valence-electron chi connectivity index (χ0n) is 12.8. The van der Waals surface area contributed by atoms with Gasteiger partial charge in [0, 0.05) is 20.8 Å². The number of fused-ring (bicyclic) bond motifs is 2. The van der Waals surface area contributed by atoms with Crippen LogP contribution in [0.5, 0.6) is 0 Å². The number of para-hydroxylation sites is 2. The summed E-state index contributed by atoms with van der Waals surface area (Å²) < 4.78 is 1.14. The van der Waals surface area contributed by atoms with Gasteiger partial charge in [0.25, 0.3) is 0 Å². The first-order valence-electron chi connectivity index (χ1n) is 7.60. The summed E-state index contributed by atoms with van der Waals surface area (Å²) in [6.45, 7) is 3.01. The van der Waals surface area contributed by atoms with Gasteiger partial charge in [0.05, 0.1) is 11.4 Å². The fourth-order valence-corrected chi connectivity index (χ4v) is 4.79. The van der Waals surface area contributed by atoms with Gasteiger partial charge in [-0.2, -0.15) is 0 Å². The molecule has 1 aliphatic heterocycles. The Morgan fingerprint density at radius 1 is 0.870 bits per heavy atom. The van der Waals surface area contributed by atoms with E-state index < -0.39 is 0 Å². The summed E-state index contributed by atoms with van der Waals surface area (Å²) in [6, 6.07) is 23.9. The van der Waals surface area contributed by atoms with Crippen LogP contribution in [0.15, 0.2) is 81.0 Å². The smallest absolute Gasteiger partial charge is 0.0556 e. The van der Waals surface area contributed by atoms with Crippen LogP contribution in [0, 0.1) is 6.92 Å². The number of halogens is 1. The normalized spacial score (nSPS) is 12.7. The van der Waals surface area contributed by atoms with Crippen molar-refractivity contribution in [1.82, 2.24) is 0 Å². The van der Waals surface area contributed by atoms with E-state index in [1.165, 1.54) is 32.3 Å². The van der Waals surface area contributed by atoms with Crippen LogP contribution < -0.4 is 4.90 Å². The second-order valence-corrected chi connectivity index (χ2v) is 7.76. The Morgan fingerprint density at radius 3 is 2.09 bits per heavy atom. The van der Waals surface area contributed by atoms with E-state index in [2.05, 4.69) is 94.5 Å². The number of hydrogen-bond donors (Lipinski definition) is 0. The van der Waals surface area contributed by atoms with Gasteiger partial charge in [0.1, 0.15) is 0 Å². The number of anilines is 2. The van der Waals surface area contributed by atoms with Gasteiger partial charge in [0.15, 0.2) is 0 Å². The Morgan fingerprint density at radius 2 is 1.48 bits per heavy atom. The maximum Gasteiger partial charge on any atom is 0.0556 e. The fourth-order valence-electron chi connectivity index (χ4n) is 3.04. The van der Waals surface area contributed by atoms with E-state index in [0.29, 0.717) is 0 Å². The Hall–Kier alpha value is -1.71. The van der Waals surface area contributed by atoms with Crippen LogP contribution in [0.25, 0.3) is 0 Å². The summed E-state index contributed by atoms with van der Waals surface area (Å²) in [5.41, 5.74) is 5.17. The summed E-state index contributed by atoms with van der Waals surface area (Å²) in [7, 11) is 0. The maximum atomic E-state index is 3.62. The molecule has 114 valence electrons. The highest BCUT2D eigenvalue weighted by molar-refractivity contribution is 9.10. The van der Waals surface area contributed by atoms with E-state index in [-0.39, 0.29) is 0 Å². The summed E-state index contributed by atoms with van der Waals surface area (Å²) >= 11 is 5.47. The SMILES string of the molecule is Cc1cc(Br)cc(CN2c3ccccc3Sc3ccccc32)c1. The highest BCUT2D eigenvalue weighted by atomic mass is 79.9. The van der Waals surface area contributed by atoms with Gasteiger partial charge >= 0.3 is 0 Å². The van der Waals surface area contributed by atoms with Crippen molar-refractivity contribution in [2.75, 3.05) is 4.90 Å². The van der Waals surface area contributed by atoms with Gasteiger partial charge in [0.2, 0.25) is 0 Å². The molecule has 0 spiro atoms. The van der Waals surface area contributed by atoms with E-state index in [1.807, 2.05) is 11.8 Å². The van der Waals surface area contributed by atoms with Crippen molar-refractivity contribution in [2.24, 2.45) is 0 Å². The van der Waals surface area contributed by atoms with Crippen LogP contribution in [0.1, 0.15) is 11.1 Å². The van der Waals surface area contributed by atoms with Gasteiger partial charge in [-0.25, -0.2) is 0 Å². The minimum absolute atomic E-state index is 0.870. The second kappa shape index (κ2) is 6.06. The quantitative estimate of drug-likeness (QED) is 0.494. The molecule has 0 saturated carbocycles. The molecule has 0 N–H and O–H groups in total. The predicted octanol–water partition coefficient (Wildman–Crippen LogP) is 6.56. The van der Waals surface area contributed by atoms with Gasteiger partial charge in [-0.15, -0.1) is 0 Å². The van der Waals surface area contributed by atoms with E-state index in [4.69, 9.17) is 0 Å². The minimum Gasteiger partial charge on any atom is -0.335 e. The van der Waals surface area contributed by atoms with Gasteiger partial charge in [-0.05, 0) is 54.4 Å². The van der Waals surface area contributed by atoms with E-state index >= 15 is 0 Å². The lowest BCUT2D eigenvalue weighted by atomic mass is 10.1. The Kier molecular flexibility index (Phi) is 3.92. The third kappa shape index (κ3) is 2.91. The molecular weight excluding hydrogens is 366 g/mol. The monoisotopic (exact) mass is 381 g/mol. The topological polar surface area (TPSA) is 3.24 Å². The van der Waals surface area contributed by atoms with Crippen LogP contribution in [-0.2, 0) is 6.54 Å². The molecule has 4 rings (SSSR count). The van der Waals surface area contributed by atoms with Gasteiger partial charge in [-0.1, -0.05) is 58.0 Å². The van der Waals surface area contributed by atoms with Crippen molar-refractivity contribution < 1.29 is 0 Å². The van der Waals surface area contributed by atoms with Crippen molar-refractivity contribution in [3.63, 3.8) is 0 Å². The zero-order valence-corrected chi connectivity index (χ0v) is 15.2. The number of nitrogens with zero attached hydrogens (tertiary/aromatic N) is 1. The number of aryl methyl sites for hydroxylation is 1. The molecule has 0 aliphatic carbocycles. The Balaban J connectivity index is 1.81. The summed E-state index contributed by atoms with van der Waals surface area (Å²) in [4.78, 5) is 5.05. The molecule has 0 fully saturated rings. The van der Waals surface area contributed by atoms with Gasteiger partial charge in [-0.3, -0.25) is 0 Å². The lowest BCUT2D eigenvalue weighted by Gasteiger charge is -2.33. The molecule has 0 aromatic heterocycles. The van der Waals surface area contributed by atoms with Crippen LogP contribution in [0.2, 0.25) is 0 Å². The second-order valence-electron chi connectivity index (χ2n) is 5.76. The van der Waals surface area contributed by atoms with Crippen LogP contribution >= 0.6 is 27.7 Å². The molecule has 0 amide bonds. The molecule has 0 saturated heterocycles. The van der Waals surface area contributed by atoms with Crippen LogP contribution in [0.4, 0.5) is 11.4 Å². The average Bonchev–Trinajstić information content (AvgIpc) is 2.54. The molecule has 3 aromatic carbocycles. The first-order valence-corrected chi connectivity index (χ1v) is 9.21. The first-order chi connectivity index (χ1) is 11.2. The molecular formula is C20H16BrNS. The molecule has 3 aromatic rings. The lowest BCUT2D eigenvalue weighted by Crippen LogP contribution is -2.20. The van der Waals surface area contributed by atoms with Crippen molar-refractivity contribution in [3.05, 3.63) is 82.3 Å². The molecule has 0 radical (unpaired) electrons. The first kappa shape index (κ1) is 14.9. The third-order valence-electron chi connectivity index (χ3n) is 3.97. The lowest BCUT2D eigenvalue weighted by molar-refractivity contribution is 0.935. The average molecular weight is 382 g/mol. The summed E-state index contributed by atoms with van der Waals surface area (Å²) in [5, 5.41) is 0. The summed E-state index contributed by atoms with van der Waals surface area (Å²) in [5.74, 6) is 0. The van der Waals surface area contributed by atoms with E-state index in [1.54, 1.807) is 0 Å². The number of hydrogen-bond acceptors (Lipinski definition) is 2. The highest BCUT2D eigenvalue weighted by Crippen LogP contribution is 2.48. The van der Waals surface area contributed by atoms with E-state index in [0.717, 1.165) is 11.0 Å². The maximum absolute atomic E-state index is 3.62. The largest absolute Gasteiger partial charge is 0.335 e. The molecule has 0 bridgehead atoms. The van der Waals surface area contributed by atoms with E-state index in [9.17, 15) is 0 Å². The number of rotatable bonds is 2. The molecule has 23 heavy (non-hydrogen) atoms. The minimum atomic E-state index is 0.870. The molecule has 0 unspecified atom stereocenters. The van der Waals surface area contributed by atoms with Crippen LogP contribution in [0.3, 0.4) is 0 Å². The Bertz CT molecular complexity index is 809. The van der Waals surface area contributed by atoms with Crippen molar-refractivity contribution in [3.8, 4) is 0 Å². The summed E-state index contributed by atoms with van der Waals surface area (Å²) in [6.07, 6.45) is 0. The third-order valence-corrected chi connectivity index (χ3v) is 5.56. The highest BCUT2D eigenvalue weighted by Gasteiger charge is 2.22. The van der Waals surface area contributed by atoms with Crippen molar-refractivity contribution >= 4 is 39.1 Å². The molecule has 1 nitrogen and oxygen atoms in total. The molecule has 0 atom stereocenters. The molecule has 3 heteroatoms. The van der Waals surface area contributed by atoms with Crippen LogP contribution in [-0.4, -0.2) is 0 Å². The van der Waals surface area contributed by atoms with Crippen molar-refractivity contribution in [2.45, 2.75) is 23.3 Å². The molecule has 1 heterocycles. The standard InChI is InChI=1S/C20H16BrNS/c1-14-10-15(12-16(21)11-14)13-22-17-6-2-4-8-19(17)23-20-9-5-3-7-18(20)22/h2-12H,13H2,1H3. The fraction of sp³-hybridized carbons (Fsp3) is 0.100. The van der Waals surface area contributed by atoms with Crippen molar-refractivity contribution in [1.29, 1.82) is 0 Å². The predicted molar refractivity (Wildman–Crippen MR) is 102 cm³/mol. The number of benzene rings is 3. The molecule has 1 aliphatic rings. The van der Waals surface area contributed by atoms with Gasteiger partial charge < -0.3 is 4.90 Å². The zero-order chi connectivity index (χ0) is 15.8.